The van der Waals surface area contributed by atoms with Crippen molar-refractivity contribution >= 4 is 12.1 Å². The van der Waals surface area contributed by atoms with Crippen LogP contribution in [0.25, 0.3) is 0 Å². The van der Waals surface area contributed by atoms with E-state index in [0.29, 0.717) is 11.3 Å². The molecule has 0 aliphatic heterocycles. The van der Waals surface area contributed by atoms with E-state index in [9.17, 15) is 9.59 Å². The number of rotatable bonds is 6. The second-order valence-corrected chi connectivity index (χ2v) is 4.55. The van der Waals surface area contributed by atoms with Crippen LogP contribution < -0.4 is 10.1 Å². The molecule has 0 saturated heterocycles. The molecule has 2 rings (SSSR count). The average molecular weight is 301 g/mol. The molecule has 0 aromatic heterocycles. The van der Waals surface area contributed by atoms with Gasteiger partial charge < -0.3 is 20.3 Å². The summed E-state index contributed by atoms with van der Waals surface area (Å²) in [5, 5.41) is 20.1. The van der Waals surface area contributed by atoms with Crippen LogP contribution in [-0.4, -0.2) is 28.9 Å². The van der Waals surface area contributed by atoms with Gasteiger partial charge in [0.15, 0.2) is 6.61 Å². The predicted octanol–water partition coefficient (Wildman–Crippen LogP) is 2.51. The Morgan fingerprint density at radius 2 is 1.68 bits per heavy atom. The summed E-state index contributed by atoms with van der Waals surface area (Å²) in [6.07, 6.45) is -1.15. The smallest absolute Gasteiger partial charge is 0.405 e. The first-order chi connectivity index (χ1) is 10.6. The topological polar surface area (TPSA) is 95.9 Å². The van der Waals surface area contributed by atoms with Crippen molar-refractivity contribution in [3.8, 4) is 5.75 Å². The number of aliphatic carboxylic acids is 1. The SMILES string of the molecule is O=C(O)COc1cccc(C(NC(=O)O)c2ccccc2)c1. The fourth-order valence-corrected chi connectivity index (χ4v) is 2.06. The van der Waals surface area contributed by atoms with Crippen LogP contribution in [0, 0.1) is 0 Å². The van der Waals surface area contributed by atoms with Crippen molar-refractivity contribution in [2.75, 3.05) is 6.61 Å². The Bertz CT molecular complexity index is 657. The summed E-state index contributed by atoms with van der Waals surface area (Å²) < 4.78 is 5.12. The third-order valence-electron chi connectivity index (χ3n) is 2.95. The number of carboxylic acid groups (broad SMARTS) is 2. The highest BCUT2D eigenvalue weighted by molar-refractivity contribution is 5.68. The molecule has 0 bridgehead atoms. The molecule has 0 saturated carbocycles. The minimum absolute atomic E-state index is 0.369. The lowest BCUT2D eigenvalue weighted by molar-refractivity contribution is -0.139. The molecule has 0 aliphatic rings. The molecule has 0 fully saturated rings. The van der Waals surface area contributed by atoms with E-state index in [1.807, 2.05) is 30.3 Å². The van der Waals surface area contributed by atoms with Crippen LogP contribution in [-0.2, 0) is 4.79 Å². The standard InChI is InChI=1S/C16H15NO5/c18-14(19)10-22-13-8-4-7-12(9-13)15(17-16(20)21)11-5-2-1-3-6-11/h1-9,15,17H,10H2,(H,18,19)(H,20,21). The second kappa shape index (κ2) is 7.12. The Morgan fingerprint density at radius 3 is 2.32 bits per heavy atom. The van der Waals surface area contributed by atoms with Gasteiger partial charge in [0.1, 0.15) is 5.75 Å². The molecule has 6 heteroatoms. The monoisotopic (exact) mass is 301 g/mol. The minimum atomic E-state index is -1.15. The Kier molecular flexibility index (Phi) is 4.98. The van der Waals surface area contributed by atoms with E-state index in [4.69, 9.17) is 14.9 Å². The minimum Gasteiger partial charge on any atom is -0.482 e. The average Bonchev–Trinajstić information content (AvgIpc) is 2.51. The molecule has 0 spiro atoms. The van der Waals surface area contributed by atoms with Gasteiger partial charge in [0.25, 0.3) is 0 Å². The van der Waals surface area contributed by atoms with Crippen LogP contribution in [0.3, 0.4) is 0 Å². The summed E-state index contributed by atoms with van der Waals surface area (Å²) in [6, 6.07) is 15.2. The van der Waals surface area contributed by atoms with Gasteiger partial charge in [-0.3, -0.25) is 0 Å². The number of carboxylic acids is 1. The summed E-state index contributed by atoms with van der Waals surface area (Å²) in [5.74, 6) is -0.707. The van der Waals surface area contributed by atoms with Gasteiger partial charge in [-0.05, 0) is 23.3 Å². The molecule has 3 N–H and O–H groups in total. The first-order valence-electron chi connectivity index (χ1n) is 6.55. The molecule has 0 radical (unpaired) electrons. The van der Waals surface area contributed by atoms with Crippen molar-refractivity contribution in [1.82, 2.24) is 5.32 Å². The number of benzene rings is 2. The molecule has 2 aromatic rings. The van der Waals surface area contributed by atoms with Crippen molar-refractivity contribution in [2.45, 2.75) is 6.04 Å². The van der Waals surface area contributed by atoms with E-state index in [2.05, 4.69) is 5.32 Å². The van der Waals surface area contributed by atoms with Gasteiger partial charge in [0.05, 0.1) is 6.04 Å². The van der Waals surface area contributed by atoms with Crippen molar-refractivity contribution in [3.63, 3.8) is 0 Å². The van der Waals surface area contributed by atoms with Crippen molar-refractivity contribution < 1.29 is 24.5 Å². The Hall–Kier alpha value is -3.02. The van der Waals surface area contributed by atoms with Gasteiger partial charge in [0.2, 0.25) is 0 Å². The fourth-order valence-electron chi connectivity index (χ4n) is 2.06. The number of hydrogen-bond donors (Lipinski definition) is 3. The maximum atomic E-state index is 11.0. The highest BCUT2D eigenvalue weighted by Gasteiger charge is 2.16. The molecule has 114 valence electrons. The summed E-state index contributed by atoms with van der Waals surface area (Å²) in [6.45, 7) is -0.453. The Balaban J connectivity index is 2.29. The van der Waals surface area contributed by atoms with Crippen molar-refractivity contribution in [3.05, 3.63) is 65.7 Å². The molecule has 0 heterocycles. The van der Waals surface area contributed by atoms with Gasteiger partial charge >= 0.3 is 12.1 Å². The maximum Gasteiger partial charge on any atom is 0.405 e. The van der Waals surface area contributed by atoms with E-state index in [1.54, 1.807) is 24.3 Å². The molecule has 1 amide bonds. The first kappa shape index (κ1) is 15.4. The Morgan fingerprint density at radius 1 is 1.00 bits per heavy atom. The number of hydrogen-bond acceptors (Lipinski definition) is 3. The second-order valence-electron chi connectivity index (χ2n) is 4.55. The van der Waals surface area contributed by atoms with Gasteiger partial charge in [-0.1, -0.05) is 42.5 Å². The maximum absolute atomic E-state index is 11.0. The highest BCUT2D eigenvalue weighted by Crippen LogP contribution is 2.25. The van der Waals surface area contributed by atoms with E-state index in [1.165, 1.54) is 0 Å². The van der Waals surface area contributed by atoms with E-state index in [0.717, 1.165) is 5.56 Å². The third-order valence-corrected chi connectivity index (χ3v) is 2.95. The lowest BCUT2D eigenvalue weighted by Gasteiger charge is -2.18. The lowest BCUT2D eigenvalue weighted by Crippen LogP contribution is -2.27. The summed E-state index contributed by atoms with van der Waals surface area (Å²) >= 11 is 0. The molecule has 0 aliphatic carbocycles. The van der Waals surface area contributed by atoms with Gasteiger partial charge in [0, 0.05) is 0 Å². The van der Waals surface area contributed by atoms with Gasteiger partial charge in [-0.2, -0.15) is 0 Å². The number of carbonyl (C=O) groups is 2. The quantitative estimate of drug-likeness (QED) is 0.762. The first-order valence-corrected chi connectivity index (χ1v) is 6.55. The molecular formula is C16H15NO5. The van der Waals surface area contributed by atoms with Crippen LogP contribution in [0.5, 0.6) is 5.75 Å². The Labute approximate surface area is 127 Å². The van der Waals surface area contributed by atoms with Crippen LogP contribution >= 0.6 is 0 Å². The molecule has 22 heavy (non-hydrogen) atoms. The van der Waals surface area contributed by atoms with Crippen molar-refractivity contribution in [1.29, 1.82) is 0 Å². The zero-order chi connectivity index (χ0) is 15.9. The zero-order valence-electron chi connectivity index (χ0n) is 11.6. The van der Waals surface area contributed by atoms with E-state index >= 15 is 0 Å². The summed E-state index contributed by atoms with van der Waals surface area (Å²) in [7, 11) is 0. The largest absolute Gasteiger partial charge is 0.482 e. The predicted molar refractivity (Wildman–Crippen MR) is 79.0 cm³/mol. The molecule has 2 aromatic carbocycles. The number of ether oxygens (including phenoxy) is 1. The van der Waals surface area contributed by atoms with Crippen molar-refractivity contribution in [2.24, 2.45) is 0 Å². The van der Waals surface area contributed by atoms with E-state index < -0.39 is 24.7 Å². The normalized spacial score (nSPS) is 11.5. The van der Waals surface area contributed by atoms with Crippen LogP contribution in [0.4, 0.5) is 4.79 Å². The van der Waals surface area contributed by atoms with Gasteiger partial charge in [-0.25, -0.2) is 9.59 Å². The highest BCUT2D eigenvalue weighted by atomic mass is 16.5. The molecule has 6 nitrogen and oxygen atoms in total. The number of nitrogens with one attached hydrogen (secondary N) is 1. The lowest BCUT2D eigenvalue weighted by atomic mass is 9.99. The van der Waals surface area contributed by atoms with Crippen LogP contribution in [0.2, 0.25) is 0 Å². The fraction of sp³-hybridized carbons (Fsp3) is 0.125. The molecule has 1 atom stereocenters. The van der Waals surface area contributed by atoms with E-state index in [-0.39, 0.29) is 0 Å². The molecule has 1 unspecified atom stereocenters. The zero-order valence-corrected chi connectivity index (χ0v) is 11.6. The van der Waals surface area contributed by atoms with Crippen LogP contribution in [0.1, 0.15) is 17.2 Å². The van der Waals surface area contributed by atoms with Crippen LogP contribution in [0.15, 0.2) is 54.6 Å². The van der Waals surface area contributed by atoms with Gasteiger partial charge in [-0.15, -0.1) is 0 Å². The molecular weight excluding hydrogens is 286 g/mol. The number of amides is 1. The third kappa shape index (κ3) is 4.24. The summed E-state index contributed by atoms with van der Waals surface area (Å²) in [4.78, 5) is 21.6. The summed E-state index contributed by atoms with van der Waals surface area (Å²) in [5.41, 5.74) is 1.44.